The van der Waals surface area contributed by atoms with Gasteiger partial charge in [0.05, 0.1) is 0 Å². The summed E-state index contributed by atoms with van der Waals surface area (Å²) in [6, 6.07) is 0. The first-order valence-electron chi connectivity index (χ1n) is 4.30. The van der Waals surface area contributed by atoms with Gasteiger partial charge in [0.1, 0.15) is 0 Å². The highest BCUT2D eigenvalue weighted by Gasteiger charge is 2.35. The van der Waals surface area contributed by atoms with E-state index in [9.17, 15) is 4.57 Å². The highest BCUT2D eigenvalue weighted by Crippen LogP contribution is 2.53. The first kappa shape index (κ1) is 14.1. The van der Waals surface area contributed by atoms with Crippen LogP contribution in [0.15, 0.2) is 12.7 Å². The number of hydrogen-bond acceptors (Lipinski definition) is 4. The molecule has 0 aliphatic carbocycles. The molecule has 14 heavy (non-hydrogen) atoms. The Balaban J connectivity index is 4.72. The highest BCUT2D eigenvalue weighted by atomic mass is 31.2. The quantitative estimate of drug-likeness (QED) is 0.405. The van der Waals surface area contributed by atoms with Crippen molar-refractivity contribution in [3.05, 3.63) is 12.7 Å². The molecule has 0 aliphatic rings. The van der Waals surface area contributed by atoms with E-state index in [1.807, 2.05) is 19.6 Å². The smallest absolute Gasteiger partial charge is 0.361 e. The van der Waals surface area contributed by atoms with Crippen molar-refractivity contribution in [2.24, 2.45) is 0 Å². The Labute approximate surface area is 86.9 Å². The molecule has 0 aromatic rings. The van der Waals surface area contributed by atoms with Crippen molar-refractivity contribution in [1.29, 1.82) is 0 Å². The summed E-state index contributed by atoms with van der Waals surface area (Å²) in [5.74, 6) is -0.677. The minimum Gasteiger partial charge on any atom is -0.401 e. The Morgan fingerprint density at radius 3 is 1.93 bits per heavy atom. The minimum absolute atomic E-state index is 0.677. The Morgan fingerprint density at radius 2 is 1.71 bits per heavy atom. The summed E-state index contributed by atoms with van der Waals surface area (Å²) in [6.45, 7) is 9.57. The summed E-state index contributed by atoms with van der Waals surface area (Å²) >= 11 is 0. The maximum Gasteiger partial charge on any atom is 0.361 e. The standard InChI is InChI=1S/C8H19O4PSi/c1-7-8(12-14(4,5)6)13(9,10-2)11-3/h7-8H,1H2,2-6H3. The fourth-order valence-electron chi connectivity index (χ4n) is 0.886. The molecule has 0 saturated carbocycles. The number of rotatable bonds is 6. The van der Waals surface area contributed by atoms with E-state index in [1.54, 1.807) is 0 Å². The molecule has 0 N–H and O–H groups in total. The van der Waals surface area contributed by atoms with Gasteiger partial charge in [-0.2, -0.15) is 0 Å². The second kappa shape index (κ2) is 5.23. The first-order valence-corrected chi connectivity index (χ1v) is 9.32. The minimum atomic E-state index is -3.19. The molecule has 0 spiro atoms. The van der Waals surface area contributed by atoms with Crippen LogP contribution in [0.5, 0.6) is 0 Å². The topological polar surface area (TPSA) is 44.8 Å². The lowest BCUT2D eigenvalue weighted by molar-refractivity contribution is 0.210. The fourth-order valence-corrected chi connectivity index (χ4v) is 3.99. The zero-order chi connectivity index (χ0) is 11.4. The van der Waals surface area contributed by atoms with Gasteiger partial charge in [0, 0.05) is 14.2 Å². The molecule has 0 aromatic carbocycles. The lowest BCUT2D eigenvalue weighted by Gasteiger charge is -2.27. The second-order valence-electron chi connectivity index (χ2n) is 3.76. The predicted molar refractivity (Wildman–Crippen MR) is 60.0 cm³/mol. The molecule has 0 aliphatic heterocycles. The summed E-state index contributed by atoms with van der Waals surface area (Å²) in [7, 11) is -2.30. The van der Waals surface area contributed by atoms with Crippen LogP contribution in [0.4, 0.5) is 0 Å². The van der Waals surface area contributed by atoms with Gasteiger partial charge >= 0.3 is 7.60 Å². The zero-order valence-corrected chi connectivity index (χ0v) is 11.3. The van der Waals surface area contributed by atoms with E-state index in [0.717, 1.165) is 0 Å². The molecule has 0 amide bonds. The van der Waals surface area contributed by atoms with Gasteiger partial charge in [-0.1, -0.05) is 12.7 Å². The Kier molecular flexibility index (Phi) is 5.26. The van der Waals surface area contributed by atoms with E-state index in [2.05, 4.69) is 6.58 Å². The summed E-state index contributed by atoms with van der Waals surface area (Å²) in [5, 5.41) is 0. The average molecular weight is 238 g/mol. The monoisotopic (exact) mass is 238 g/mol. The van der Waals surface area contributed by atoms with E-state index < -0.39 is 21.8 Å². The Bertz CT molecular complexity index is 228. The van der Waals surface area contributed by atoms with E-state index >= 15 is 0 Å². The molecular formula is C8H19O4PSi. The summed E-state index contributed by atoms with van der Waals surface area (Å²) in [4.78, 5) is 0. The molecular weight excluding hydrogens is 219 g/mol. The molecule has 6 heteroatoms. The molecule has 0 radical (unpaired) electrons. The SMILES string of the molecule is C=CC(O[Si](C)(C)C)P(=O)(OC)OC. The van der Waals surface area contributed by atoms with Gasteiger partial charge in [-0.15, -0.1) is 0 Å². The van der Waals surface area contributed by atoms with Crippen LogP contribution < -0.4 is 0 Å². The van der Waals surface area contributed by atoms with E-state index in [4.69, 9.17) is 13.5 Å². The lowest BCUT2D eigenvalue weighted by atomic mass is 10.7. The highest BCUT2D eigenvalue weighted by molar-refractivity contribution is 7.54. The Morgan fingerprint density at radius 1 is 1.29 bits per heavy atom. The second-order valence-corrected chi connectivity index (χ2v) is 10.5. The van der Waals surface area contributed by atoms with E-state index in [-0.39, 0.29) is 0 Å². The van der Waals surface area contributed by atoms with Gasteiger partial charge in [0.25, 0.3) is 0 Å². The van der Waals surface area contributed by atoms with Crippen LogP contribution in [-0.4, -0.2) is 28.4 Å². The summed E-state index contributed by atoms with van der Waals surface area (Å²) in [5.41, 5.74) is 0. The van der Waals surface area contributed by atoms with Crippen molar-refractivity contribution in [3.8, 4) is 0 Å². The number of hydrogen-bond donors (Lipinski definition) is 0. The van der Waals surface area contributed by atoms with Crippen molar-refractivity contribution in [3.63, 3.8) is 0 Å². The largest absolute Gasteiger partial charge is 0.401 e. The van der Waals surface area contributed by atoms with Gasteiger partial charge in [0.15, 0.2) is 14.2 Å². The third kappa shape index (κ3) is 4.07. The van der Waals surface area contributed by atoms with Gasteiger partial charge in [-0.3, -0.25) is 4.57 Å². The molecule has 0 heterocycles. The lowest BCUT2D eigenvalue weighted by Crippen LogP contribution is -2.31. The van der Waals surface area contributed by atoms with Crippen molar-refractivity contribution in [1.82, 2.24) is 0 Å². The van der Waals surface area contributed by atoms with Gasteiger partial charge in [-0.05, 0) is 19.6 Å². The van der Waals surface area contributed by atoms with E-state index in [0.29, 0.717) is 0 Å². The van der Waals surface area contributed by atoms with Crippen LogP contribution in [0.1, 0.15) is 0 Å². The average Bonchev–Trinajstić information content (AvgIpc) is 2.11. The van der Waals surface area contributed by atoms with Crippen molar-refractivity contribution in [2.45, 2.75) is 25.5 Å². The third-order valence-corrected chi connectivity index (χ3v) is 4.61. The summed E-state index contributed by atoms with van der Waals surface area (Å²) < 4.78 is 27.3. The molecule has 0 saturated heterocycles. The van der Waals surface area contributed by atoms with Crippen LogP contribution in [0, 0.1) is 0 Å². The molecule has 0 bridgehead atoms. The fraction of sp³-hybridized carbons (Fsp3) is 0.750. The first-order chi connectivity index (χ1) is 6.29. The normalized spacial score (nSPS) is 15.2. The van der Waals surface area contributed by atoms with Gasteiger partial charge < -0.3 is 13.5 Å². The van der Waals surface area contributed by atoms with Crippen molar-refractivity contribution < 1.29 is 18.0 Å². The van der Waals surface area contributed by atoms with Gasteiger partial charge in [0.2, 0.25) is 0 Å². The maximum atomic E-state index is 11.9. The van der Waals surface area contributed by atoms with Crippen LogP contribution in [0.25, 0.3) is 0 Å². The Hall–Kier alpha value is 0.0669. The van der Waals surface area contributed by atoms with Crippen molar-refractivity contribution >= 4 is 15.9 Å². The zero-order valence-electron chi connectivity index (χ0n) is 9.44. The third-order valence-electron chi connectivity index (χ3n) is 1.50. The van der Waals surface area contributed by atoms with Crippen LogP contribution in [0.2, 0.25) is 19.6 Å². The molecule has 0 fully saturated rings. The maximum absolute atomic E-state index is 11.9. The summed E-state index contributed by atoms with van der Waals surface area (Å²) in [6.07, 6.45) is 1.46. The molecule has 0 aromatic heterocycles. The van der Waals surface area contributed by atoms with Gasteiger partial charge in [-0.25, -0.2) is 0 Å². The molecule has 1 atom stereocenters. The molecule has 4 nitrogen and oxygen atoms in total. The van der Waals surface area contributed by atoms with Crippen LogP contribution >= 0.6 is 7.60 Å². The molecule has 1 unspecified atom stereocenters. The van der Waals surface area contributed by atoms with Crippen LogP contribution in [-0.2, 0) is 18.0 Å². The molecule has 84 valence electrons. The van der Waals surface area contributed by atoms with Crippen molar-refractivity contribution in [2.75, 3.05) is 14.2 Å². The van der Waals surface area contributed by atoms with E-state index in [1.165, 1.54) is 20.3 Å². The predicted octanol–water partition coefficient (Wildman–Crippen LogP) is 2.84. The van der Waals surface area contributed by atoms with Crippen LogP contribution in [0.3, 0.4) is 0 Å². The molecule has 0 rings (SSSR count).